The van der Waals surface area contributed by atoms with Crippen LogP contribution in [0.25, 0.3) is 0 Å². The van der Waals surface area contributed by atoms with Gasteiger partial charge in [0.25, 0.3) is 0 Å². The minimum Gasteiger partial charge on any atom is -0.367 e. The summed E-state index contributed by atoms with van der Waals surface area (Å²) < 4.78 is 13.9. The van der Waals surface area contributed by atoms with E-state index in [4.69, 9.17) is 5.26 Å². The van der Waals surface area contributed by atoms with Gasteiger partial charge in [-0.1, -0.05) is 6.92 Å². The van der Waals surface area contributed by atoms with Crippen molar-refractivity contribution in [3.8, 4) is 6.07 Å². The number of nitriles is 1. The predicted molar refractivity (Wildman–Crippen MR) is 74.7 cm³/mol. The van der Waals surface area contributed by atoms with Crippen molar-refractivity contribution in [2.75, 3.05) is 31.1 Å². The summed E-state index contributed by atoms with van der Waals surface area (Å²) in [5, 5.41) is 8.75. The molecule has 2 rings (SSSR count). The summed E-state index contributed by atoms with van der Waals surface area (Å²) in [6, 6.07) is 7.26. The van der Waals surface area contributed by atoms with E-state index in [9.17, 15) is 4.39 Å². The zero-order valence-electron chi connectivity index (χ0n) is 11.6. The van der Waals surface area contributed by atoms with Crippen molar-refractivity contribution in [2.45, 2.75) is 26.3 Å². The normalized spacial score (nSPS) is 18.1. The summed E-state index contributed by atoms with van der Waals surface area (Å²) in [4.78, 5) is 4.51. The summed E-state index contributed by atoms with van der Waals surface area (Å²) >= 11 is 0. The molecule has 1 fully saturated rings. The zero-order valence-corrected chi connectivity index (χ0v) is 11.6. The average Bonchev–Trinajstić information content (AvgIpc) is 2.46. The van der Waals surface area contributed by atoms with Crippen LogP contribution in [0.2, 0.25) is 0 Å². The van der Waals surface area contributed by atoms with Crippen molar-refractivity contribution >= 4 is 5.69 Å². The molecule has 0 bridgehead atoms. The Morgan fingerprint density at radius 2 is 2.00 bits per heavy atom. The number of halogens is 1. The summed E-state index contributed by atoms with van der Waals surface area (Å²) in [7, 11) is 0. The van der Waals surface area contributed by atoms with Gasteiger partial charge in [0.15, 0.2) is 0 Å². The highest BCUT2D eigenvalue weighted by atomic mass is 19.1. The lowest BCUT2D eigenvalue weighted by Gasteiger charge is -2.39. The van der Waals surface area contributed by atoms with Crippen LogP contribution in [0.15, 0.2) is 18.2 Å². The van der Waals surface area contributed by atoms with Gasteiger partial charge < -0.3 is 4.90 Å². The van der Waals surface area contributed by atoms with E-state index in [1.54, 1.807) is 12.1 Å². The van der Waals surface area contributed by atoms with Gasteiger partial charge in [-0.3, -0.25) is 4.90 Å². The van der Waals surface area contributed by atoms with Crippen LogP contribution in [0.5, 0.6) is 0 Å². The van der Waals surface area contributed by atoms with Crippen molar-refractivity contribution in [1.82, 2.24) is 4.90 Å². The SMILES string of the molecule is CCC(C)N1CCN(c2ccc(C#N)cc2F)CC1. The van der Waals surface area contributed by atoms with Gasteiger partial charge in [0.05, 0.1) is 17.3 Å². The summed E-state index contributed by atoms with van der Waals surface area (Å²) in [5.74, 6) is -0.295. The first-order chi connectivity index (χ1) is 9.15. The molecule has 1 saturated heterocycles. The molecule has 0 saturated carbocycles. The van der Waals surface area contributed by atoms with Crippen molar-refractivity contribution in [3.63, 3.8) is 0 Å². The molecule has 1 atom stereocenters. The maximum Gasteiger partial charge on any atom is 0.147 e. The first kappa shape index (κ1) is 13.8. The van der Waals surface area contributed by atoms with Gasteiger partial charge in [-0.25, -0.2) is 4.39 Å². The molecule has 3 nitrogen and oxygen atoms in total. The molecule has 0 aromatic heterocycles. The number of hydrogen-bond donors (Lipinski definition) is 0. The van der Waals surface area contributed by atoms with Crippen LogP contribution in [0, 0.1) is 17.1 Å². The van der Waals surface area contributed by atoms with E-state index in [-0.39, 0.29) is 5.82 Å². The lowest BCUT2D eigenvalue weighted by atomic mass is 10.1. The molecule has 1 aliphatic rings. The molecule has 1 heterocycles. The summed E-state index contributed by atoms with van der Waals surface area (Å²) in [6.45, 7) is 8.04. The van der Waals surface area contributed by atoms with Gasteiger partial charge in [0, 0.05) is 32.2 Å². The van der Waals surface area contributed by atoms with Crippen LogP contribution >= 0.6 is 0 Å². The van der Waals surface area contributed by atoms with Gasteiger partial charge in [-0.15, -0.1) is 0 Å². The molecule has 0 spiro atoms. The number of piperazine rings is 1. The standard InChI is InChI=1S/C15H20FN3/c1-3-12(2)18-6-8-19(9-7-18)15-5-4-13(11-17)10-14(15)16/h4-5,10,12H,3,6-9H2,1-2H3. The molecule has 19 heavy (non-hydrogen) atoms. The van der Waals surface area contributed by atoms with E-state index in [0.717, 1.165) is 32.6 Å². The highest BCUT2D eigenvalue weighted by molar-refractivity contribution is 5.51. The highest BCUT2D eigenvalue weighted by Gasteiger charge is 2.21. The lowest BCUT2D eigenvalue weighted by Crippen LogP contribution is -2.49. The third-order valence-corrected chi connectivity index (χ3v) is 3.95. The second-order valence-corrected chi connectivity index (χ2v) is 5.06. The van der Waals surface area contributed by atoms with Crippen LogP contribution in [-0.2, 0) is 0 Å². The third-order valence-electron chi connectivity index (χ3n) is 3.95. The van der Waals surface area contributed by atoms with Crippen molar-refractivity contribution in [3.05, 3.63) is 29.6 Å². The highest BCUT2D eigenvalue weighted by Crippen LogP contribution is 2.22. The molecule has 0 amide bonds. The minimum absolute atomic E-state index is 0.295. The second kappa shape index (κ2) is 6.03. The third kappa shape index (κ3) is 3.05. The number of nitrogens with zero attached hydrogens (tertiary/aromatic N) is 3. The fraction of sp³-hybridized carbons (Fsp3) is 0.533. The maximum absolute atomic E-state index is 13.9. The Bertz CT molecular complexity index is 473. The topological polar surface area (TPSA) is 30.3 Å². The summed E-state index contributed by atoms with van der Waals surface area (Å²) in [6.07, 6.45) is 1.14. The lowest BCUT2D eigenvalue weighted by molar-refractivity contribution is 0.192. The number of rotatable bonds is 3. The Balaban J connectivity index is 2.04. The molecule has 1 unspecified atom stereocenters. The number of hydrogen-bond acceptors (Lipinski definition) is 3. The van der Waals surface area contributed by atoms with E-state index in [0.29, 0.717) is 17.3 Å². The molecular weight excluding hydrogens is 241 g/mol. The van der Waals surface area contributed by atoms with Gasteiger partial charge in [0.1, 0.15) is 5.82 Å². The van der Waals surface area contributed by atoms with Crippen LogP contribution in [0.1, 0.15) is 25.8 Å². The maximum atomic E-state index is 13.9. The monoisotopic (exact) mass is 261 g/mol. The van der Waals surface area contributed by atoms with Gasteiger partial charge in [0.2, 0.25) is 0 Å². The quantitative estimate of drug-likeness (QED) is 0.838. The molecule has 1 aliphatic heterocycles. The molecule has 4 heteroatoms. The fourth-order valence-electron chi connectivity index (χ4n) is 2.49. The van der Waals surface area contributed by atoms with Crippen molar-refractivity contribution in [2.24, 2.45) is 0 Å². The van der Waals surface area contributed by atoms with Crippen molar-refractivity contribution < 1.29 is 4.39 Å². The first-order valence-electron chi connectivity index (χ1n) is 6.84. The molecule has 0 aliphatic carbocycles. The van der Waals surface area contributed by atoms with Crippen LogP contribution in [0.4, 0.5) is 10.1 Å². The van der Waals surface area contributed by atoms with E-state index >= 15 is 0 Å². The Hall–Kier alpha value is -1.60. The van der Waals surface area contributed by atoms with Gasteiger partial charge >= 0.3 is 0 Å². The molecule has 102 valence electrons. The van der Waals surface area contributed by atoms with E-state index in [1.807, 2.05) is 6.07 Å². The van der Waals surface area contributed by atoms with E-state index in [1.165, 1.54) is 6.07 Å². The largest absolute Gasteiger partial charge is 0.367 e. The Labute approximate surface area is 114 Å². The van der Waals surface area contributed by atoms with Crippen LogP contribution in [0.3, 0.4) is 0 Å². The number of benzene rings is 1. The second-order valence-electron chi connectivity index (χ2n) is 5.06. The Kier molecular flexibility index (Phi) is 4.39. The minimum atomic E-state index is -0.295. The first-order valence-corrected chi connectivity index (χ1v) is 6.84. The number of anilines is 1. The Morgan fingerprint density at radius 1 is 1.32 bits per heavy atom. The van der Waals surface area contributed by atoms with Gasteiger partial charge in [-0.2, -0.15) is 5.26 Å². The van der Waals surface area contributed by atoms with Crippen LogP contribution < -0.4 is 4.90 Å². The predicted octanol–water partition coefficient (Wildman–Crippen LogP) is 2.62. The Morgan fingerprint density at radius 3 is 2.53 bits per heavy atom. The molecule has 0 radical (unpaired) electrons. The average molecular weight is 261 g/mol. The molecule has 0 N–H and O–H groups in total. The molecule has 1 aromatic carbocycles. The zero-order chi connectivity index (χ0) is 13.8. The van der Waals surface area contributed by atoms with E-state index < -0.39 is 0 Å². The smallest absolute Gasteiger partial charge is 0.147 e. The fourth-order valence-corrected chi connectivity index (χ4v) is 2.49. The summed E-state index contributed by atoms with van der Waals surface area (Å²) in [5.41, 5.74) is 0.988. The molecular formula is C15H20FN3. The van der Waals surface area contributed by atoms with E-state index in [2.05, 4.69) is 23.6 Å². The van der Waals surface area contributed by atoms with Crippen LogP contribution in [-0.4, -0.2) is 37.1 Å². The van der Waals surface area contributed by atoms with Gasteiger partial charge in [-0.05, 0) is 31.5 Å². The van der Waals surface area contributed by atoms with Crippen molar-refractivity contribution in [1.29, 1.82) is 5.26 Å². The molecule has 1 aromatic rings.